The zero-order chi connectivity index (χ0) is 16.3. The maximum absolute atomic E-state index is 13.7. The van der Waals surface area contributed by atoms with Crippen molar-refractivity contribution in [1.29, 1.82) is 0 Å². The number of rotatable bonds is 5. The van der Waals surface area contributed by atoms with Crippen LogP contribution in [0.1, 0.15) is 17.2 Å². The predicted molar refractivity (Wildman–Crippen MR) is 77.7 cm³/mol. The molecule has 2 aromatic carbocycles. The Morgan fingerprint density at radius 1 is 1.09 bits per heavy atom. The van der Waals surface area contributed by atoms with E-state index in [-0.39, 0.29) is 16.0 Å². The van der Waals surface area contributed by atoms with E-state index in [1.807, 2.05) is 0 Å². The summed E-state index contributed by atoms with van der Waals surface area (Å²) < 4.78 is 54.2. The molecule has 0 aliphatic heterocycles. The van der Waals surface area contributed by atoms with E-state index in [9.17, 15) is 22.3 Å². The zero-order valence-electron chi connectivity index (χ0n) is 11.8. The van der Waals surface area contributed by atoms with Gasteiger partial charge in [-0.15, -0.1) is 0 Å². The molecule has 22 heavy (non-hydrogen) atoms. The molecular weight excluding hydrogens is 312 g/mol. The van der Waals surface area contributed by atoms with Gasteiger partial charge in [-0.2, -0.15) is 0 Å². The second-order valence-electron chi connectivity index (χ2n) is 4.74. The molecule has 0 saturated carbocycles. The van der Waals surface area contributed by atoms with Crippen molar-refractivity contribution in [2.45, 2.75) is 17.9 Å². The summed E-state index contributed by atoms with van der Waals surface area (Å²) in [4.78, 5) is -0.248. The smallest absolute Gasteiger partial charge is 0.241 e. The summed E-state index contributed by atoms with van der Waals surface area (Å²) in [5.41, 5.74) is -0.0251. The third-order valence-corrected chi connectivity index (χ3v) is 4.88. The lowest BCUT2D eigenvalue weighted by Crippen LogP contribution is -2.32. The SMILES string of the molecule is Cc1c(F)cccc1S(=O)(=O)NC(CO)c1ccccc1F. The van der Waals surface area contributed by atoms with Crippen LogP contribution in [0.25, 0.3) is 0 Å². The van der Waals surface area contributed by atoms with Gasteiger partial charge in [0.05, 0.1) is 17.5 Å². The Balaban J connectivity index is 2.39. The molecule has 0 amide bonds. The van der Waals surface area contributed by atoms with E-state index in [1.54, 1.807) is 0 Å². The molecule has 0 aliphatic rings. The molecule has 118 valence electrons. The van der Waals surface area contributed by atoms with Gasteiger partial charge >= 0.3 is 0 Å². The van der Waals surface area contributed by atoms with E-state index in [0.29, 0.717) is 0 Å². The van der Waals surface area contributed by atoms with Gasteiger partial charge in [-0.1, -0.05) is 24.3 Å². The van der Waals surface area contributed by atoms with Gasteiger partial charge in [0.15, 0.2) is 0 Å². The van der Waals surface area contributed by atoms with E-state index >= 15 is 0 Å². The van der Waals surface area contributed by atoms with Gasteiger partial charge in [-0.25, -0.2) is 21.9 Å². The fourth-order valence-electron chi connectivity index (χ4n) is 2.09. The Kier molecular flexibility index (Phi) is 4.90. The van der Waals surface area contributed by atoms with Crippen LogP contribution in [0.15, 0.2) is 47.4 Å². The lowest BCUT2D eigenvalue weighted by molar-refractivity contribution is 0.256. The van der Waals surface area contributed by atoms with Crippen molar-refractivity contribution in [1.82, 2.24) is 4.72 Å². The second-order valence-corrected chi connectivity index (χ2v) is 6.42. The van der Waals surface area contributed by atoms with E-state index in [1.165, 1.54) is 43.3 Å². The average molecular weight is 327 g/mol. The summed E-state index contributed by atoms with van der Waals surface area (Å²) in [7, 11) is -4.11. The molecule has 4 nitrogen and oxygen atoms in total. The molecule has 1 atom stereocenters. The van der Waals surface area contributed by atoms with Crippen LogP contribution in [0, 0.1) is 18.6 Å². The number of halogens is 2. The Hall–Kier alpha value is -1.83. The van der Waals surface area contributed by atoms with Crippen LogP contribution in [0.4, 0.5) is 8.78 Å². The Bertz CT molecular complexity index is 778. The van der Waals surface area contributed by atoms with E-state index in [2.05, 4.69) is 4.72 Å². The monoisotopic (exact) mass is 327 g/mol. The fourth-order valence-corrected chi connectivity index (χ4v) is 3.55. The van der Waals surface area contributed by atoms with Crippen LogP contribution in [-0.4, -0.2) is 20.1 Å². The lowest BCUT2D eigenvalue weighted by Gasteiger charge is -2.18. The molecule has 2 aromatic rings. The number of hydrogen-bond donors (Lipinski definition) is 2. The Labute approximate surface area is 127 Å². The van der Waals surface area contributed by atoms with Gasteiger partial charge in [0.2, 0.25) is 10.0 Å². The number of nitrogens with one attached hydrogen (secondary N) is 1. The normalized spacial score (nSPS) is 13.1. The number of aliphatic hydroxyl groups excluding tert-OH is 1. The van der Waals surface area contributed by atoms with Gasteiger partial charge in [-0.3, -0.25) is 0 Å². The first-order valence-electron chi connectivity index (χ1n) is 6.49. The summed E-state index contributed by atoms with van der Waals surface area (Å²) in [6.07, 6.45) is 0. The summed E-state index contributed by atoms with van der Waals surface area (Å²) in [5.74, 6) is -1.30. The summed E-state index contributed by atoms with van der Waals surface area (Å²) in [5, 5.41) is 9.37. The van der Waals surface area contributed by atoms with Crippen LogP contribution in [0.3, 0.4) is 0 Å². The average Bonchev–Trinajstić information content (AvgIpc) is 2.48. The highest BCUT2D eigenvalue weighted by molar-refractivity contribution is 7.89. The van der Waals surface area contributed by atoms with E-state index < -0.39 is 34.3 Å². The second kappa shape index (κ2) is 6.51. The van der Waals surface area contributed by atoms with Crippen LogP contribution in [0.5, 0.6) is 0 Å². The summed E-state index contributed by atoms with van der Waals surface area (Å²) in [6.45, 7) is 0.704. The minimum absolute atomic E-state index is 0.0163. The number of aliphatic hydroxyl groups is 1. The lowest BCUT2D eigenvalue weighted by atomic mass is 10.1. The maximum Gasteiger partial charge on any atom is 0.241 e. The molecule has 7 heteroatoms. The standard InChI is InChI=1S/C15H15F2NO3S/c1-10-12(16)7-4-8-15(10)22(20,21)18-14(9-19)11-5-2-3-6-13(11)17/h2-8,14,18-19H,9H2,1H3. The van der Waals surface area contributed by atoms with Crippen LogP contribution in [0.2, 0.25) is 0 Å². The van der Waals surface area contributed by atoms with Crippen LogP contribution >= 0.6 is 0 Å². The first-order valence-corrected chi connectivity index (χ1v) is 7.98. The molecular formula is C15H15F2NO3S. The summed E-state index contributed by atoms with van der Waals surface area (Å²) >= 11 is 0. The van der Waals surface area contributed by atoms with Gasteiger partial charge in [0.25, 0.3) is 0 Å². The molecule has 0 spiro atoms. The molecule has 0 bridgehead atoms. The highest BCUT2D eigenvalue weighted by atomic mass is 32.2. The van der Waals surface area contributed by atoms with Crippen molar-refractivity contribution in [2.24, 2.45) is 0 Å². The maximum atomic E-state index is 13.7. The fraction of sp³-hybridized carbons (Fsp3) is 0.200. The first kappa shape index (κ1) is 16.5. The highest BCUT2D eigenvalue weighted by Gasteiger charge is 2.25. The minimum atomic E-state index is -4.11. The van der Waals surface area contributed by atoms with Crippen molar-refractivity contribution < 1.29 is 22.3 Å². The Morgan fingerprint density at radius 3 is 2.36 bits per heavy atom. The summed E-state index contributed by atoms with van der Waals surface area (Å²) in [6, 6.07) is 8.03. The first-order chi connectivity index (χ1) is 10.4. The van der Waals surface area contributed by atoms with E-state index in [4.69, 9.17) is 0 Å². The van der Waals surface area contributed by atoms with Crippen molar-refractivity contribution in [3.63, 3.8) is 0 Å². The van der Waals surface area contributed by atoms with Crippen molar-refractivity contribution in [3.05, 3.63) is 65.2 Å². The zero-order valence-corrected chi connectivity index (χ0v) is 12.6. The van der Waals surface area contributed by atoms with Crippen molar-refractivity contribution >= 4 is 10.0 Å². The van der Waals surface area contributed by atoms with Crippen molar-refractivity contribution in [2.75, 3.05) is 6.61 Å². The minimum Gasteiger partial charge on any atom is -0.394 e. The van der Waals surface area contributed by atoms with E-state index in [0.717, 1.165) is 6.07 Å². The van der Waals surface area contributed by atoms with Crippen molar-refractivity contribution in [3.8, 4) is 0 Å². The number of sulfonamides is 1. The number of benzene rings is 2. The van der Waals surface area contributed by atoms with Gasteiger partial charge in [-0.05, 0) is 25.1 Å². The molecule has 0 fully saturated rings. The molecule has 0 heterocycles. The third kappa shape index (κ3) is 3.32. The number of hydrogen-bond acceptors (Lipinski definition) is 3. The van der Waals surface area contributed by atoms with Gasteiger partial charge in [0, 0.05) is 11.1 Å². The molecule has 0 aromatic heterocycles. The Morgan fingerprint density at radius 2 is 1.73 bits per heavy atom. The van der Waals surface area contributed by atoms with Crippen LogP contribution in [-0.2, 0) is 10.0 Å². The molecule has 2 rings (SSSR count). The largest absolute Gasteiger partial charge is 0.394 e. The molecule has 2 N–H and O–H groups in total. The third-order valence-electron chi connectivity index (χ3n) is 3.27. The molecule has 0 aliphatic carbocycles. The van der Waals surface area contributed by atoms with Gasteiger partial charge < -0.3 is 5.11 Å². The quantitative estimate of drug-likeness (QED) is 0.885. The predicted octanol–water partition coefficient (Wildman–Crippen LogP) is 2.29. The molecule has 0 saturated heterocycles. The topological polar surface area (TPSA) is 66.4 Å². The molecule has 1 unspecified atom stereocenters. The highest BCUT2D eigenvalue weighted by Crippen LogP contribution is 2.22. The van der Waals surface area contributed by atoms with Crippen LogP contribution < -0.4 is 4.72 Å². The van der Waals surface area contributed by atoms with Gasteiger partial charge in [0.1, 0.15) is 11.6 Å². The molecule has 0 radical (unpaired) electrons.